The van der Waals surface area contributed by atoms with Crippen LogP contribution in [0.3, 0.4) is 0 Å². The molecular formula is C29H31N3O. The van der Waals surface area contributed by atoms with E-state index in [-0.39, 0.29) is 5.91 Å². The van der Waals surface area contributed by atoms with Crippen molar-refractivity contribution in [1.29, 1.82) is 0 Å². The molecule has 2 heterocycles. The van der Waals surface area contributed by atoms with Crippen molar-refractivity contribution in [2.75, 3.05) is 31.1 Å². The third kappa shape index (κ3) is 4.80. The van der Waals surface area contributed by atoms with E-state index in [1.807, 2.05) is 11.0 Å². The first-order valence-corrected chi connectivity index (χ1v) is 11.9. The molecule has 1 aromatic heterocycles. The highest BCUT2D eigenvalue weighted by Crippen LogP contribution is 2.24. The van der Waals surface area contributed by atoms with Gasteiger partial charge in [0.1, 0.15) is 0 Å². The average molecular weight is 438 g/mol. The number of hydrogen-bond acceptors (Lipinski definition) is 2. The van der Waals surface area contributed by atoms with Crippen LogP contribution in [0.25, 0.3) is 10.9 Å². The molecule has 4 aromatic rings. The molecule has 0 saturated carbocycles. The molecule has 0 bridgehead atoms. The van der Waals surface area contributed by atoms with Gasteiger partial charge in [-0.15, -0.1) is 0 Å². The number of para-hydroxylation sites is 2. The number of aromatic nitrogens is 1. The number of carbonyl (C=O) groups is 1. The van der Waals surface area contributed by atoms with Crippen LogP contribution in [-0.2, 0) is 17.8 Å². The molecule has 33 heavy (non-hydrogen) atoms. The number of rotatable bonds is 6. The van der Waals surface area contributed by atoms with Gasteiger partial charge >= 0.3 is 0 Å². The maximum Gasteiger partial charge on any atom is 0.223 e. The molecule has 168 valence electrons. The van der Waals surface area contributed by atoms with Gasteiger partial charge in [-0.05, 0) is 42.7 Å². The number of anilines is 1. The summed E-state index contributed by atoms with van der Waals surface area (Å²) in [5, 5.41) is 1.26. The number of nitrogens with zero attached hydrogens (tertiary/aromatic N) is 3. The SMILES string of the molecule is Cc1ccc(Cn2cc(CCC(=O)N3CCN(c4ccccc4)CC3)c3ccccc32)cc1. The molecule has 1 aliphatic rings. The molecule has 0 atom stereocenters. The summed E-state index contributed by atoms with van der Waals surface area (Å²) in [7, 11) is 0. The number of aryl methyl sites for hydroxylation is 2. The Morgan fingerprint density at radius 2 is 1.52 bits per heavy atom. The van der Waals surface area contributed by atoms with E-state index in [0.717, 1.165) is 39.1 Å². The van der Waals surface area contributed by atoms with Gasteiger partial charge in [-0.1, -0.05) is 66.2 Å². The largest absolute Gasteiger partial charge is 0.368 e. The Hall–Kier alpha value is -3.53. The van der Waals surface area contributed by atoms with Crippen LogP contribution in [0.5, 0.6) is 0 Å². The van der Waals surface area contributed by atoms with Crippen molar-refractivity contribution < 1.29 is 4.79 Å². The minimum absolute atomic E-state index is 0.262. The van der Waals surface area contributed by atoms with Crippen LogP contribution in [-0.4, -0.2) is 41.6 Å². The summed E-state index contributed by atoms with van der Waals surface area (Å²) < 4.78 is 2.32. The van der Waals surface area contributed by atoms with Crippen LogP contribution >= 0.6 is 0 Å². The van der Waals surface area contributed by atoms with E-state index in [0.29, 0.717) is 6.42 Å². The minimum Gasteiger partial charge on any atom is -0.368 e. The highest BCUT2D eigenvalue weighted by atomic mass is 16.2. The zero-order chi connectivity index (χ0) is 22.6. The van der Waals surface area contributed by atoms with E-state index >= 15 is 0 Å². The van der Waals surface area contributed by atoms with Gasteiger partial charge in [0.25, 0.3) is 0 Å². The van der Waals surface area contributed by atoms with Crippen molar-refractivity contribution in [3.8, 4) is 0 Å². The molecule has 1 saturated heterocycles. The van der Waals surface area contributed by atoms with Gasteiger partial charge in [0, 0.05) is 61.9 Å². The molecule has 5 rings (SSSR count). The summed E-state index contributed by atoms with van der Waals surface area (Å²) in [6.45, 7) is 6.34. The van der Waals surface area contributed by atoms with Crippen molar-refractivity contribution >= 4 is 22.5 Å². The monoisotopic (exact) mass is 437 g/mol. The molecule has 0 N–H and O–H groups in total. The van der Waals surface area contributed by atoms with Crippen LogP contribution in [0.1, 0.15) is 23.1 Å². The lowest BCUT2D eigenvalue weighted by Crippen LogP contribution is -2.48. The molecule has 0 spiro atoms. The highest BCUT2D eigenvalue weighted by molar-refractivity contribution is 5.85. The first-order valence-electron chi connectivity index (χ1n) is 11.9. The summed E-state index contributed by atoms with van der Waals surface area (Å²) in [5.41, 5.74) is 6.30. The van der Waals surface area contributed by atoms with Crippen LogP contribution in [0, 0.1) is 6.92 Å². The second kappa shape index (κ2) is 9.53. The summed E-state index contributed by atoms with van der Waals surface area (Å²) in [5.74, 6) is 0.262. The van der Waals surface area contributed by atoms with Gasteiger partial charge in [-0.25, -0.2) is 0 Å². The number of amides is 1. The van der Waals surface area contributed by atoms with E-state index in [2.05, 4.69) is 95.4 Å². The van der Waals surface area contributed by atoms with Gasteiger partial charge in [-0.3, -0.25) is 4.79 Å². The topological polar surface area (TPSA) is 28.5 Å². The Bertz CT molecular complexity index is 1220. The Labute approximate surface area is 196 Å². The zero-order valence-electron chi connectivity index (χ0n) is 19.3. The van der Waals surface area contributed by atoms with Gasteiger partial charge in [0.2, 0.25) is 5.91 Å². The second-order valence-electron chi connectivity index (χ2n) is 8.99. The second-order valence-corrected chi connectivity index (χ2v) is 8.99. The van der Waals surface area contributed by atoms with E-state index in [9.17, 15) is 4.79 Å². The van der Waals surface area contributed by atoms with Crippen LogP contribution in [0.2, 0.25) is 0 Å². The fourth-order valence-electron chi connectivity index (χ4n) is 4.80. The maximum atomic E-state index is 13.0. The number of piperazine rings is 1. The third-order valence-corrected chi connectivity index (χ3v) is 6.71. The summed E-state index contributed by atoms with van der Waals surface area (Å²) in [6, 6.07) is 27.7. The smallest absolute Gasteiger partial charge is 0.223 e. The van der Waals surface area contributed by atoms with Gasteiger partial charge in [-0.2, -0.15) is 0 Å². The Morgan fingerprint density at radius 1 is 0.818 bits per heavy atom. The number of benzene rings is 3. The van der Waals surface area contributed by atoms with Crippen LogP contribution in [0.15, 0.2) is 85.1 Å². The Kier molecular flexibility index (Phi) is 6.16. The molecular weight excluding hydrogens is 406 g/mol. The highest BCUT2D eigenvalue weighted by Gasteiger charge is 2.21. The van der Waals surface area contributed by atoms with Crippen molar-refractivity contribution in [3.05, 3.63) is 102 Å². The molecule has 1 fully saturated rings. The Balaban J connectivity index is 1.23. The van der Waals surface area contributed by atoms with Crippen LogP contribution < -0.4 is 4.90 Å². The summed E-state index contributed by atoms with van der Waals surface area (Å²) >= 11 is 0. The lowest BCUT2D eigenvalue weighted by Gasteiger charge is -2.36. The maximum absolute atomic E-state index is 13.0. The Morgan fingerprint density at radius 3 is 2.27 bits per heavy atom. The zero-order valence-corrected chi connectivity index (χ0v) is 19.3. The molecule has 3 aromatic carbocycles. The van der Waals surface area contributed by atoms with Crippen molar-refractivity contribution in [1.82, 2.24) is 9.47 Å². The van der Waals surface area contributed by atoms with Gasteiger partial charge < -0.3 is 14.4 Å². The number of hydrogen-bond donors (Lipinski definition) is 0. The van der Waals surface area contributed by atoms with Gasteiger partial charge in [0.15, 0.2) is 0 Å². The van der Waals surface area contributed by atoms with E-state index in [4.69, 9.17) is 0 Å². The third-order valence-electron chi connectivity index (χ3n) is 6.71. The summed E-state index contributed by atoms with van der Waals surface area (Å²) in [4.78, 5) is 17.4. The van der Waals surface area contributed by atoms with E-state index in [1.165, 1.54) is 33.3 Å². The molecule has 0 aliphatic carbocycles. The van der Waals surface area contributed by atoms with E-state index in [1.54, 1.807) is 0 Å². The van der Waals surface area contributed by atoms with Crippen LogP contribution in [0.4, 0.5) is 5.69 Å². The molecule has 1 aliphatic heterocycles. The molecule has 1 amide bonds. The van der Waals surface area contributed by atoms with Gasteiger partial charge in [0.05, 0.1) is 0 Å². The standard InChI is InChI=1S/C29H31N3O/c1-23-11-13-24(14-12-23)21-32-22-25(27-9-5-6-10-28(27)32)15-16-29(33)31-19-17-30(18-20-31)26-7-3-2-4-8-26/h2-14,22H,15-21H2,1H3. The minimum atomic E-state index is 0.262. The molecule has 0 unspecified atom stereocenters. The summed E-state index contributed by atoms with van der Waals surface area (Å²) in [6.07, 6.45) is 3.58. The van der Waals surface area contributed by atoms with E-state index < -0.39 is 0 Å². The molecule has 4 nitrogen and oxygen atoms in total. The van der Waals surface area contributed by atoms with Crippen molar-refractivity contribution in [2.24, 2.45) is 0 Å². The lowest BCUT2D eigenvalue weighted by molar-refractivity contribution is -0.131. The lowest BCUT2D eigenvalue weighted by atomic mass is 10.1. The van der Waals surface area contributed by atoms with Crippen molar-refractivity contribution in [3.63, 3.8) is 0 Å². The normalized spacial score (nSPS) is 14.1. The first-order chi connectivity index (χ1) is 16.2. The fourth-order valence-corrected chi connectivity index (χ4v) is 4.80. The predicted molar refractivity (Wildman–Crippen MR) is 136 cm³/mol. The average Bonchev–Trinajstić information content (AvgIpc) is 3.22. The fraction of sp³-hybridized carbons (Fsp3) is 0.276. The predicted octanol–water partition coefficient (Wildman–Crippen LogP) is 5.28. The molecule has 4 heteroatoms. The molecule has 0 radical (unpaired) electrons. The van der Waals surface area contributed by atoms with Crippen molar-refractivity contribution in [2.45, 2.75) is 26.3 Å². The number of carbonyl (C=O) groups excluding carboxylic acids is 1. The number of fused-ring (bicyclic) bond motifs is 1. The quantitative estimate of drug-likeness (QED) is 0.411. The first kappa shape index (κ1) is 21.3.